The number of carbonyl (C=O) groups excluding carboxylic acids is 3. The lowest BCUT2D eigenvalue weighted by atomic mass is 10.2. The van der Waals surface area contributed by atoms with Gasteiger partial charge in [-0.25, -0.2) is 0 Å². The van der Waals surface area contributed by atoms with E-state index in [4.69, 9.17) is 9.47 Å². The number of ether oxygens (including phenoxy) is 2. The lowest BCUT2D eigenvalue weighted by Gasteiger charge is -2.08. The van der Waals surface area contributed by atoms with E-state index in [0.29, 0.717) is 58.7 Å². The van der Waals surface area contributed by atoms with Gasteiger partial charge in [0, 0.05) is 32.5 Å². The number of rotatable bonds is 18. The van der Waals surface area contributed by atoms with Gasteiger partial charge in [0.15, 0.2) is 0 Å². The van der Waals surface area contributed by atoms with Crippen molar-refractivity contribution in [2.24, 2.45) is 0 Å². The Morgan fingerprint density at radius 3 is 1.96 bits per heavy atom. The summed E-state index contributed by atoms with van der Waals surface area (Å²) >= 11 is 0. The van der Waals surface area contributed by atoms with Crippen LogP contribution in [-0.4, -0.2) is 63.8 Å². The van der Waals surface area contributed by atoms with Crippen molar-refractivity contribution >= 4 is 17.7 Å². The van der Waals surface area contributed by atoms with Crippen LogP contribution in [0, 0.1) is 0 Å². The van der Waals surface area contributed by atoms with Gasteiger partial charge < -0.3 is 25.4 Å². The molecule has 0 saturated carbocycles. The zero-order valence-electron chi connectivity index (χ0n) is 16.9. The first kappa shape index (κ1) is 25.3. The highest BCUT2D eigenvalue weighted by Gasteiger charge is 2.03. The maximum absolute atomic E-state index is 11.6. The van der Waals surface area contributed by atoms with E-state index >= 15 is 0 Å². The summed E-state index contributed by atoms with van der Waals surface area (Å²) in [6, 6.07) is 0. The molecule has 0 aliphatic heterocycles. The lowest BCUT2D eigenvalue weighted by Crippen LogP contribution is -2.30. The van der Waals surface area contributed by atoms with Crippen LogP contribution in [0.3, 0.4) is 0 Å². The highest BCUT2D eigenvalue weighted by Crippen LogP contribution is 1.98. The summed E-state index contributed by atoms with van der Waals surface area (Å²) in [5.41, 5.74) is 0. The molecule has 0 aromatic rings. The first-order chi connectivity index (χ1) is 13.1. The molecule has 3 amide bonds. The second-order valence-corrected chi connectivity index (χ2v) is 6.28. The number of amides is 3. The summed E-state index contributed by atoms with van der Waals surface area (Å²) < 4.78 is 10.5. The molecule has 0 fully saturated rings. The molecule has 0 aromatic heterocycles. The van der Waals surface area contributed by atoms with Crippen LogP contribution in [0.15, 0.2) is 0 Å². The molecule has 158 valence electrons. The van der Waals surface area contributed by atoms with Gasteiger partial charge in [0.25, 0.3) is 0 Å². The summed E-state index contributed by atoms with van der Waals surface area (Å²) in [6.07, 6.45) is 5.54. The van der Waals surface area contributed by atoms with E-state index in [-0.39, 0.29) is 24.3 Å². The number of hydrogen-bond donors (Lipinski definition) is 3. The van der Waals surface area contributed by atoms with Gasteiger partial charge in [0.2, 0.25) is 17.7 Å². The Hall–Kier alpha value is -1.67. The molecule has 27 heavy (non-hydrogen) atoms. The average molecular weight is 388 g/mol. The van der Waals surface area contributed by atoms with E-state index in [1.54, 1.807) is 0 Å². The van der Waals surface area contributed by atoms with Crippen molar-refractivity contribution in [3.8, 4) is 0 Å². The predicted octanol–water partition coefficient (Wildman–Crippen LogP) is 1.14. The fourth-order valence-corrected chi connectivity index (χ4v) is 2.15. The Balaban J connectivity index is 3.34. The third-order valence-corrected chi connectivity index (χ3v) is 3.66. The summed E-state index contributed by atoms with van der Waals surface area (Å²) in [7, 11) is 0. The Kier molecular flexibility index (Phi) is 17.9. The molecule has 0 spiro atoms. The van der Waals surface area contributed by atoms with E-state index in [2.05, 4.69) is 22.9 Å². The molecule has 0 saturated heterocycles. The maximum Gasteiger partial charge on any atom is 0.245 e. The van der Waals surface area contributed by atoms with Gasteiger partial charge in [0.05, 0.1) is 19.8 Å². The van der Waals surface area contributed by atoms with Crippen molar-refractivity contribution in [1.29, 1.82) is 0 Å². The molecule has 0 unspecified atom stereocenters. The summed E-state index contributed by atoms with van der Waals surface area (Å²) in [6.45, 7) is 6.85. The quantitative estimate of drug-likeness (QED) is 0.306. The van der Waals surface area contributed by atoms with Gasteiger partial charge in [-0.15, -0.1) is 0 Å². The van der Waals surface area contributed by atoms with Gasteiger partial charge in [-0.2, -0.15) is 0 Å². The molecule has 3 N–H and O–H groups in total. The van der Waals surface area contributed by atoms with Gasteiger partial charge >= 0.3 is 0 Å². The Labute approximate surface area is 163 Å². The van der Waals surface area contributed by atoms with Gasteiger partial charge in [-0.1, -0.05) is 26.7 Å². The van der Waals surface area contributed by atoms with Crippen molar-refractivity contribution < 1.29 is 23.9 Å². The molecule has 0 bridgehead atoms. The molecular weight excluding hydrogens is 350 g/mol. The summed E-state index contributed by atoms with van der Waals surface area (Å²) in [4.78, 5) is 34.4. The van der Waals surface area contributed by atoms with Crippen LogP contribution >= 0.6 is 0 Å². The molecule has 0 rings (SSSR count). The standard InChI is InChI=1S/C19H37N3O5/c1-3-5-6-8-17(23)21-11-7-9-18(24)22-12-13-26-14-15-27-16-19(25)20-10-4-2/h3-16H2,1-2H3,(H,20,25)(H,21,23)(H,22,24). The Morgan fingerprint density at radius 2 is 1.26 bits per heavy atom. The summed E-state index contributed by atoms with van der Waals surface area (Å²) in [5.74, 6) is -0.119. The largest absolute Gasteiger partial charge is 0.377 e. The lowest BCUT2D eigenvalue weighted by molar-refractivity contribution is -0.126. The van der Waals surface area contributed by atoms with Crippen LogP contribution in [0.1, 0.15) is 58.8 Å². The van der Waals surface area contributed by atoms with E-state index in [9.17, 15) is 14.4 Å². The topological polar surface area (TPSA) is 106 Å². The third-order valence-electron chi connectivity index (χ3n) is 3.66. The highest BCUT2D eigenvalue weighted by molar-refractivity contribution is 5.77. The van der Waals surface area contributed by atoms with E-state index in [0.717, 1.165) is 25.7 Å². The average Bonchev–Trinajstić information content (AvgIpc) is 2.65. The molecule has 0 aliphatic rings. The van der Waals surface area contributed by atoms with Crippen molar-refractivity contribution in [3.63, 3.8) is 0 Å². The minimum Gasteiger partial charge on any atom is -0.377 e. The van der Waals surface area contributed by atoms with Crippen molar-refractivity contribution in [1.82, 2.24) is 16.0 Å². The SMILES string of the molecule is CCCCCC(=O)NCCCC(=O)NCCOCCOCC(=O)NCCC. The first-order valence-electron chi connectivity index (χ1n) is 10.1. The van der Waals surface area contributed by atoms with E-state index in [1.807, 2.05) is 6.92 Å². The van der Waals surface area contributed by atoms with E-state index < -0.39 is 0 Å². The second-order valence-electron chi connectivity index (χ2n) is 6.28. The van der Waals surface area contributed by atoms with Crippen LogP contribution in [0.4, 0.5) is 0 Å². The van der Waals surface area contributed by atoms with Crippen LogP contribution in [-0.2, 0) is 23.9 Å². The van der Waals surface area contributed by atoms with E-state index in [1.165, 1.54) is 0 Å². The normalized spacial score (nSPS) is 10.4. The number of unbranched alkanes of at least 4 members (excludes halogenated alkanes) is 2. The number of carbonyl (C=O) groups is 3. The van der Waals surface area contributed by atoms with Crippen LogP contribution in [0.5, 0.6) is 0 Å². The molecule has 0 heterocycles. The van der Waals surface area contributed by atoms with Gasteiger partial charge in [0.1, 0.15) is 6.61 Å². The molecular formula is C19H37N3O5. The molecule has 8 heteroatoms. The number of nitrogens with one attached hydrogen (secondary N) is 3. The predicted molar refractivity (Wildman–Crippen MR) is 104 cm³/mol. The van der Waals surface area contributed by atoms with Crippen molar-refractivity contribution in [2.45, 2.75) is 58.8 Å². The zero-order valence-corrected chi connectivity index (χ0v) is 16.9. The third kappa shape index (κ3) is 18.9. The van der Waals surface area contributed by atoms with Gasteiger partial charge in [-0.05, 0) is 19.3 Å². The zero-order chi connectivity index (χ0) is 20.2. The van der Waals surface area contributed by atoms with Crippen molar-refractivity contribution in [2.75, 3.05) is 46.1 Å². The van der Waals surface area contributed by atoms with Crippen LogP contribution in [0.25, 0.3) is 0 Å². The molecule has 0 aromatic carbocycles. The monoisotopic (exact) mass is 387 g/mol. The molecule has 8 nitrogen and oxygen atoms in total. The van der Waals surface area contributed by atoms with Crippen LogP contribution in [0.2, 0.25) is 0 Å². The highest BCUT2D eigenvalue weighted by atomic mass is 16.5. The molecule has 0 aliphatic carbocycles. The second kappa shape index (κ2) is 19.1. The minimum atomic E-state index is -0.124. The maximum atomic E-state index is 11.6. The first-order valence-corrected chi connectivity index (χ1v) is 10.1. The number of hydrogen-bond acceptors (Lipinski definition) is 5. The summed E-state index contributed by atoms with van der Waals surface area (Å²) in [5, 5.41) is 8.31. The van der Waals surface area contributed by atoms with Gasteiger partial charge in [-0.3, -0.25) is 14.4 Å². The Bertz CT molecular complexity index is 405. The smallest absolute Gasteiger partial charge is 0.245 e. The fourth-order valence-electron chi connectivity index (χ4n) is 2.15. The minimum absolute atomic E-state index is 0.0369. The van der Waals surface area contributed by atoms with Crippen molar-refractivity contribution in [3.05, 3.63) is 0 Å². The molecule has 0 atom stereocenters. The van der Waals surface area contributed by atoms with Crippen LogP contribution < -0.4 is 16.0 Å². The molecule has 0 radical (unpaired) electrons. The fraction of sp³-hybridized carbons (Fsp3) is 0.842. The Morgan fingerprint density at radius 1 is 0.630 bits per heavy atom.